The predicted molar refractivity (Wildman–Crippen MR) is 177 cm³/mol. The van der Waals surface area contributed by atoms with Gasteiger partial charge in [-0.15, -0.1) is 0 Å². The van der Waals surface area contributed by atoms with Crippen molar-refractivity contribution in [2.45, 2.75) is 146 Å². The van der Waals surface area contributed by atoms with Crippen LogP contribution in [0.4, 0.5) is 4.79 Å². The summed E-state index contributed by atoms with van der Waals surface area (Å²) in [7, 11) is 3.02. The van der Waals surface area contributed by atoms with E-state index in [1.165, 1.54) is 13.2 Å². The Bertz CT molecular complexity index is 1200. The van der Waals surface area contributed by atoms with Gasteiger partial charge in [0.15, 0.2) is 0 Å². The second-order valence-electron chi connectivity index (χ2n) is 13.0. The Morgan fingerprint density at radius 2 is 1.73 bits per heavy atom. The van der Waals surface area contributed by atoms with Gasteiger partial charge in [-0.25, -0.2) is 14.6 Å². The van der Waals surface area contributed by atoms with Gasteiger partial charge in [0, 0.05) is 39.0 Å². The highest BCUT2D eigenvalue weighted by atomic mass is 16.6. The van der Waals surface area contributed by atoms with Gasteiger partial charge in [-0.1, -0.05) is 31.9 Å². The number of hydrogen-bond acceptors (Lipinski definition) is 11. The van der Waals surface area contributed by atoms with E-state index in [1.807, 2.05) is 0 Å². The third-order valence-electron chi connectivity index (χ3n) is 9.09. The molecule has 268 valence electrons. The number of carbonyl (C=O) groups is 3. The fraction of sp³-hybridized carbons (Fsp3) is 0.722. The first-order valence-electron chi connectivity index (χ1n) is 17.7. The van der Waals surface area contributed by atoms with Crippen LogP contribution in [0.3, 0.4) is 0 Å². The van der Waals surface area contributed by atoms with Gasteiger partial charge < -0.3 is 38.2 Å². The quantitative estimate of drug-likeness (QED) is 0.114. The normalized spacial score (nSPS) is 28.5. The number of hydrogen-bond donors (Lipinski definition) is 1. The van der Waals surface area contributed by atoms with Gasteiger partial charge in [0.25, 0.3) is 0 Å². The molecule has 1 amide bonds. The summed E-state index contributed by atoms with van der Waals surface area (Å²) >= 11 is 0. The van der Waals surface area contributed by atoms with Crippen molar-refractivity contribution < 1.29 is 47.2 Å². The summed E-state index contributed by atoms with van der Waals surface area (Å²) in [6.07, 6.45) is 18.0. The maximum absolute atomic E-state index is 13.2. The fourth-order valence-electron chi connectivity index (χ4n) is 6.71. The molecule has 0 saturated carbocycles. The predicted octanol–water partition coefficient (Wildman–Crippen LogP) is 6.01. The number of aryl methyl sites for hydroxylation is 1. The summed E-state index contributed by atoms with van der Waals surface area (Å²) in [6, 6.07) is 0. The molecule has 0 radical (unpaired) electrons. The first-order chi connectivity index (χ1) is 23.3. The number of methoxy groups -OCH3 is 2. The minimum absolute atomic E-state index is 0.0620. The van der Waals surface area contributed by atoms with Gasteiger partial charge in [0.2, 0.25) is 5.89 Å². The molecular weight excluding hydrogens is 620 g/mol. The number of fused-ring (bicyclic) bond motifs is 4. The van der Waals surface area contributed by atoms with Gasteiger partial charge in [0.1, 0.15) is 18.5 Å². The monoisotopic (exact) mass is 674 g/mol. The number of amides is 1. The topological polar surface area (TPSA) is 145 Å². The molecule has 4 rings (SSSR count). The highest BCUT2D eigenvalue weighted by molar-refractivity contribution is 5.82. The molecule has 0 spiro atoms. The number of carbonyl (C=O) groups excluding carboxylic acids is 3. The molecule has 12 heteroatoms. The van der Waals surface area contributed by atoms with Gasteiger partial charge in [-0.3, -0.25) is 4.79 Å². The van der Waals surface area contributed by atoms with E-state index in [0.29, 0.717) is 38.0 Å². The van der Waals surface area contributed by atoms with Crippen LogP contribution in [-0.2, 0) is 44.4 Å². The van der Waals surface area contributed by atoms with Crippen LogP contribution in [0.2, 0.25) is 0 Å². The summed E-state index contributed by atoms with van der Waals surface area (Å²) in [5.41, 5.74) is 0.740. The lowest BCUT2D eigenvalue weighted by molar-refractivity contribution is -0.171. The first kappa shape index (κ1) is 37.6. The zero-order valence-electron chi connectivity index (χ0n) is 28.8. The van der Waals surface area contributed by atoms with Gasteiger partial charge >= 0.3 is 18.0 Å². The number of nitrogens with zero attached hydrogens (tertiary/aromatic N) is 1. The van der Waals surface area contributed by atoms with E-state index >= 15 is 0 Å². The molecule has 1 aromatic heterocycles. The Balaban J connectivity index is 1.31. The average molecular weight is 675 g/mol. The molecule has 2 unspecified atom stereocenters. The third-order valence-corrected chi connectivity index (χ3v) is 9.09. The Morgan fingerprint density at radius 3 is 2.52 bits per heavy atom. The molecule has 1 aromatic rings. The molecule has 0 aromatic carbocycles. The van der Waals surface area contributed by atoms with Gasteiger partial charge in [0.05, 0.1) is 49.7 Å². The maximum atomic E-state index is 13.2. The smallest absolute Gasteiger partial charge is 0.407 e. The minimum atomic E-state index is -0.515. The number of rotatable bonds is 13. The number of nitrogens with one attached hydrogen (secondary N) is 1. The van der Waals surface area contributed by atoms with Crippen molar-refractivity contribution in [3.8, 4) is 0 Å². The van der Waals surface area contributed by atoms with E-state index < -0.39 is 24.3 Å². The van der Waals surface area contributed by atoms with E-state index in [-0.39, 0.29) is 49.5 Å². The van der Waals surface area contributed by atoms with E-state index in [4.69, 9.17) is 28.1 Å². The number of aromatic nitrogens is 1. The van der Waals surface area contributed by atoms with E-state index in [0.717, 1.165) is 63.5 Å². The molecule has 12 nitrogen and oxygen atoms in total. The summed E-state index contributed by atoms with van der Waals surface area (Å²) in [6.45, 7) is 2.46. The molecule has 3 fully saturated rings. The number of unbranched alkanes of at least 4 members (excludes halogenated alkanes) is 2. The van der Waals surface area contributed by atoms with Crippen LogP contribution in [0.15, 0.2) is 28.9 Å². The van der Waals surface area contributed by atoms with E-state index in [9.17, 15) is 14.4 Å². The molecule has 1 N–H and O–H groups in total. The molecule has 7 atom stereocenters. The van der Waals surface area contributed by atoms with E-state index in [1.54, 1.807) is 31.6 Å². The summed E-state index contributed by atoms with van der Waals surface area (Å²) in [4.78, 5) is 41.5. The lowest BCUT2D eigenvalue weighted by Gasteiger charge is -2.38. The van der Waals surface area contributed by atoms with Crippen molar-refractivity contribution in [1.29, 1.82) is 0 Å². The summed E-state index contributed by atoms with van der Waals surface area (Å²) in [5.74, 6) is -0.286. The van der Waals surface area contributed by atoms with Crippen molar-refractivity contribution in [3.63, 3.8) is 0 Å². The van der Waals surface area contributed by atoms with Crippen molar-refractivity contribution in [3.05, 3.63) is 36.1 Å². The van der Waals surface area contributed by atoms with Crippen LogP contribution in [0.5, 0.6) is 0 Å². The minimum Gasteiger partial charge on any atom is -0.462 e. The maximum Gasteiger partial charge on any atom is 0.407 e. The van der Waals surface area contributed by atoms with Gasteiger partial charge in [-0.05, 0) is 63.9 Å². The molecule has 3 aliphatic heterocycles. The lowest BCUT2D eigenvalue weighted by Crippen LogP contribution is -2.42. The van der Waals surface area contributed by atoms with Crippen molar-refractivity contribution >= 4 is 24.1 Å². The number of alkyl carbamates (subject to hydrolysis) is 1. The molecule has 3 aliphatic rings. The lowest BCUT2D eigenvalue weighted by atomic mass is 9.91. The second kappa shape index (κ2) is 20.3. The highest BCUT2D eigenvalue weighted by Crippen LogP contribution is 2.32. The zero-order chi connectivity index (χ0) is 34.1. The van der Waals surface area contributed by atoms with Crippen molar-refractivity contribution in [2.75, 3.05) is 20.8 Å². The average Bonchev–Trinajstić information content (AvgIpc) is 3.52. The van der Waals surface area contributed by atoms with Crippen LogP contribution in [-0.4, -0.2) is 86.5 Å². The molecule has 4 heterocycles. The van der Waals surface area contributed by atoms with Crippen LogP contribution < -0.4 is 5.32 Å². The summed E-state index contributed by atoms with van der Waals surface area (Å²) in [5, 5.41) is 2.54. The molecule has 3 saturated heterocycles. The Kier molecular flexibility index (Phi) is 15.9. The molecule has 4 bridgehead atoms. The third kappa shape index (κ3) is 13.4. The number of cyclic esters (lactones) is 1. The second-order valence-corrected chi connectivity index (χ2v) is 13.0. The van der Waals surface area contributed by atoms with Crippen LogP contribution >= 0.6 is 0 Å². The number of allylic oxidation sites excluding steroid dienone is 1. The number of ether oxygens (including phenoxy) is 6. The van der Waals surface area contributed by atoms with Crippen molar-refractivity contribution in [1.82, 2.24) is 10.3 Å². The SMILES string of the molecule is CCCCC[C@H]1C[C@@H]2CCCC(C[C@@H](OC)CC3C[C@@H](OC(=O)C=CCCc4coc(C=CCNC(=O)OC)n4)C[C@@H](CC(=O)O1)O3)O2. The van der Waals surface area contributed by atoms with Gasteiger partial charge in [-0.2, -0.15) is 0 Å². The van der Waals surface area contributed by atoms with E-state index in [2.05, 4.69) is 22.0 Å². The van der Waals surface area contributed by atoms with Crippen LogP contribution in [0.1, 0.15) is 108 Å². The Labute approximate surface area is 284 Å². The number of esters is 2. The molecule has 48 heavy (non-hydrogen) atoms. The Morgan fingerprint density at radius 1 is 0.979 bits per heavy atom. The Hall–Kier alpha value is -3.22. The standard InChI is InChI=1S/C36H54N2O10/c1-4-5-6-12-28-18-26-13-9-14-27(45-26)19-29(42-2)20-30-21-31(22-32(46-30)23-35(40)47-28)48-34(39)16-8-7-11-25-24-44-33(38-25)15-10-17-37-36(41)43-3/h8,10,15-16,24,26-32H,4-7,9,11-14,17-23H2,1-3H3,(H,37,41)/t26-,27?,28-,29+,30?,31+,32-/m0/s1. The zero-order valence-corrected chi connectivity index (χ0v) is 28.8. The molecule has 0 aliphatic carbocycles. The number of oxazole rings is 1. The van der Waals surface area contributed by atoms with Crippen LogP contribution in [0, 0.1) is 0 Å². The molecular formula is C36H54N2O10. The summed E-state index contributed by atoms with van der Waals surface area (Å²) < 4.78 is 40.7. The fourth-order valence-corrected chi connectivity index (χ4v) is 6.71. The van der Waals surface area contributed by atoms with Crippen LogP contribution in [0.25, 0.3) is 6.08 Å². The largest absolute Gasteiger partial charge is 0.462 e. The highest BCUT2D eigenvalue weighted by Gasteiger charge is 2.37. The van der Waals surface area contributed by atoms with Crippen molar-refractivity contribution in [2.24, 2.45) is 0 Å². The first-order valence-corrected chi connectivity index (χ1v) is 17.7.